The molecule has 0 heterocycles. The third-order valence-corrected chi connectivity index (χ3v) is 0.908. The number of carbonyl (C=O) groups is 1. The Morgan fingerprint density at radius 2 is 1.86 bits per heavy atom. The molecule has 0 aromatic heterocycles. The van der Waals surface area contributed by atoms with E-state index in [1.165, 1.54) is 0 Å². The SMILES string of the molecule is CS(=O)(=O)[CH]C=O. The van der Waals surface area contributed by atoms with E-state index >= 15 is 0 Å². The van der Waals surface area contributed by atoms with Crippen LogP contribution in [0.1, 0.15) is 0 Å². The van der Waals surface area contributed by atoms with Crippen molar-refractivity contribution in [2.75, 3.05) is 6.26 Å². The first-order valence-corrected chi connectivity index (χ1v) is 3.50. The van der Waals surface area contributed by atoms with Crippen LogP contribution >= 0.6 is 0 Å². The lowest BCUT2D eigenvalue weighted by Gasteiger charge is -1.79. The molecule has 4 heteroatoms. The van der Waals surface area contributed by atoms with Crippen molar-refractivity contribution in [3.63, 3.8) is 0 Å². The van der Waals surface area contributed by atoms with Crippen molar-refractivity contribution in [2.24, 2.45) is 0 Å². The van der Waals surface area contributed by atoms with Crippen LogP contribution in [0.15, 0.2) is 0 Å². The third-order valence-electron chi connectivity index (χ3n) is 0.303. The summed E-state index contributed by atoms with van der Waals surface area (Å²) in [5, 5.41) is 0. The maximum Gasteiger partial charge on any atom is 0.158 e. The molecule has 0 atom stereocenters. The zero-order chi connectivity index (χ0) is 5.91. The van der Waals surface area contributed by atoms with Crippen LogP contribution in [0.4, 0.5) is 0 Å². The second-order valence-electron chi connectivity index (χ2n) is 1.10. The molecule has 0 aromatic rings. The first kappa shape index (κ1) is 6.62. The lowest BCUT2D eigenvalue weighted by Crippen LogP contribution is -1.95. The minimum absolute atomic E-state index is 0.245. The molecule has 0 aromatic carbocycles. The molecule has 0 fully saturated rings. The van der Waals surface area contributed by atoms with Crippen LogP contribution in [-0.4, -0.2) is 21.0 Å². The van der Waals surface area contributed by atoms with Crippen molar-refractivity contribution in [3.8, 4) is 0 Å². The number of hydrogen-bond acceptors (Lipinski definition) is 3. The topological polar surface area (TPSA) is 51.2 Å². The van der Waals surface area contributed by atoms with E-state index in [-0.39, 0.29) is 6.29 Å². The second-order valence-corrected chi connectivity index (χ2v) is 3.03. The van der Waals surface area contributed by atoms with Gasteiger partial charge in [-0.25, -0.2) is 8.42 Å². The van der Waals surface area contributed by atoms with Crippen LogP contribution in [-0.2, 0) is 14.6 Å². The Balaban J connectivity index is 3.84. The standard InChI is InChI=1S/C3H5O3S/c1-7(5,6)3-2-4/h2-3H,1H3. The molecule has 7 heavy (non-hydrogen) atoms. The van der Waals surface area contributed by atoms with E-state index < -0.39 is 9.84 Å². The molecule has 1 radical (unpaired) electrons. The first-order valence-electron chi connectivity index (χ1n) is 1.55. The fourth-order valence-electron chi connectivity index (χ4n) is 0.101. The Morgan fingerprint density at radius 1 is 1.43 bits per heavy atom. The minimum atomic E-state index is -3.17. The Labute approximate surface area is 42.3 Å². The zero-order valence-corrected chi connectivity index (χ0v) is 4.60. The van der Waals surface area contributed by atoms with Crippen LogP contribution in [0.25, 0.3) is 0 Å². The van der Waals surface area contributed by atoms with Gasteiger partial charge in [0.05, 0.1) is 0 Å². The summed E-state index contributed by atoms with van der Waals surface area (Å²) in [4.78, 5) is 9.39. The van der Waals surface area contributed by atoms with Crippen molar-refractivity contribution in [1.82, 2.24) is 0 Å². The molecule has 0 aliphatic rings. The molecule has 0 rings (SSSR count). The Hall–Kier alpha value is -0.380. The molecule has 0 aliphatic heterocycles. The highest BCUT2D eigenvalue weighted by atomic mass is 32.2. The van der Waals surface area contributed by atoms with Crippen LogP contribution in [0.2, 0.25) is 0 Å². The predicted octanol–water partition coefficient (Wildman–Crippen LogP) is -0.608. The number of carbonyl (C=O) groups excluding carboxylic acids is 1. The van der Waals surface area contributed by atoms with E-state index in [2.05, 4.69) is 0 Å². The maximum atomic E-state index is 9.94. The molecule has 0 aliphatic carbocycles. The number of rotatable bonds is 2. The summed E-state index contributed by atoms with van der Waals surface area (Å²) in [7, 11) is -3.17. The highest BCUT2D eigenvalue weighted by Crippen LogP contribution is 1.81. The largest absolute Gasteiger partial charge is 0.302 e. The van der Waals surface area contributed by atoms with Crippen molar-refractivity contribution in [2.45, 2.75) is 0 Å². The Bertz CT molecular complexity index is 144. The van der Waals surface area contributed by atoms with Gasteiger partial charge in [-0.15, -0.1) is 0 Å². The number of sulfone groups is 1. The fraction of sp³-hybridized carbons (Fsp3) is 0.333. The maximum absolute atomic E-state index is 9.94. The number of hydrogen-bond donors (Lipinski definition) is 0. The summed E-state index contributed by atoms with van der Waals surface area (Å²) in [6.45, 7) is 0. The molecular formula is C3H5O3S. The van der Waals surface area contributed by atoms with Crippen LogP contribution in [0.5, 0.6) is 0 Å². The van der Waals surface area contributed by atoms with Gasteiger partial charge in [0.1, 0.15) is 12.0 Å². The quantitative estimate of drug-likeness (QED) is 0.458. The van der Waals surface area contributed by atoms with Crippen molar-refractivity contribution >= 4 is 16.1 Å². The summed E-state index contributed by atoms with van der Waals surface area (Å²) in [6.07, 6.45) is 1.21. The highest BCUT2D eigenvalue weighted by molar-refractivity contribution is 7.93. The van der Waals surface area contributed by atoms with Gasteiger partial charge in [0, 0.05) is 6.26 Å². The van der Waals surface area contributed by atoms with Crippen molar-refractivity contribution < 1.29 is 13.2 Å². The van der Waals surface area contributed by atoms with Crippen molar-refractivity contribution in [3.05, 3.63) is 5.75 Å². The molecule has 0 unspecified atom stereocenters. The molecule has 0 N–H and O–H groups in total. The zero-order valence-electron chi connectivity index (χ0n) is 3.79. The van der Waals surface area contributed by atoms with Gasteiger partial charge in [-0.3, -0.25) is 0 Å². The lowest BCUT2D eigenvalue weighted by molar-refractivity contribution is -0.104. The highest BCUT2D eigenvalue weighted by Gasteiger charge is 1.97. The second kappa shape index (κ2) is 2.07. The lowest BCUT2D eigenvalue weighted by atomic mass is 10.9. The third kappa shape index (κ3) is 5.62. The molecule has 0 amide bonds. The average Bonchev–Trinajstić information content (AvgIpc) is 1.30. The Kier molecular flexibility index (Phi) is 1.95. The normalized spacial score (nSPS) is 11.0. The van der Waals surface area contributed by atoms with E-state index in [0.717, 1.165) is 6.26 Å². The molecule has 0 saturated carbocycles. The molecule has 3 nitrogen and oxygen atoms in total. The summed E-state index contributed by atoms with van der Waals surface area (Å²) >= 11 is 0. The smallest absolute Gasteiger partial charge is 0.158 e. The van der Waals surface area contributed by atoms with E-state index in [1.54, 1.807) is 0 Å². The summed E-state index contributed by atoms with van der Waals surface area (Å²) < 4.78 is 19.9. The summed E-state index contributed by atoms with van der Waals surface area (Å²) in [6, 6.07) is 0. The molecule has 41 valence electrons. The Morgan fingerprint density at radius 3 is 1.86 bits per heavy atom. The van der Waals surface area contributed by atoms with Gasteiger partial charge in [-0.2, -0.15) is 0 Å². The van der Waals surface area contributed by atoms with E-state index in [4.69, 9.17) is 0 Å². The summed E-state index contributed by atoms with van der Waals surface area (Å²) in [5.41, 5.74) is 0. The predicted molar refractivity (Wildman–Crippen MR) is 25.2 cm³/mol. The minimum Gasteiger partial charge on any atom is -0.302 e. The first-order chi connectivity index (χ1) is 3.06. The van der Waals surface area contributed by atoms with E-state index in [0.29, 0.717) is 5.75 Å². The van der Waals surface area contributed by atoms with Crippen LogP contribution in [0, 0.1) is 5.75 Å². The van der Waals surface area contributed by atoms with Gasteiger partial charge in [-0.1, -0.05) is 0 Å². The molecule has 0 bridgehead atoms. The molecule has 0 saturated heterocycles. The molecular weight excluding hydrogens is 116 g/mol. The van der Waals surface area contributed by atoms with Gasteiger partial charge < -0.3 is 4.79 Å². The van der Waals surface area contributed by atoms with Crippen LogP contribution < -0.4 is 0 Å². The number of aldehydes is 1. The van der Waals surface area contributed by atoms with Gasteiger partial charge in [-0.05, 0) is 0 Å². The fourth-order valence-corrected chi connectivity index (χ4v) is 0.303. The van der Waals surface area contributed by atoms with Crippen LogP contribution in [0.3, 0.4) is 0 Å². The van der Waals surface area contributed by atoms with Gasteiger partial charge in [0.2, 0.25) is 0 Å². The van der Waals surface area contributed by atoms with Crippen molar-refractivity contribution in [1.29, 1.82) is 0 Å². The van der Waals surface area contributed by atoms with Gasteiger partial charge in [0.25, 0.3) is 0 Å². The van der Waals surface area contributed by atoms with E-state index in [1.807, 2.05) is 0 Å². The van der Waals surface area contributed by atoms with Gasteiger partial charge in [0.15, 0.2) is 9.84 Å². The average molecular weight is 121 g/mol. The van der Waals surface area contributed by atoms with Gasteiger partial charge >= 0.3 is 0 Å². The summed E-state index contributed by atoms with van der Waals surface area (Å²) in [5.74, 6) is 0.604. The van der Waals surface area contributed by atoms with E-state index in [9.17, 15) is 13.2 Å². The monoisotopic (exact) mass is 121 g/mol. The molecule has 0 spiro atoms.